The van der Waals surface area contributed by atoms with Gasteiger partial charge in [0.15, 0.2) is 0 Å². The quantitative estimate of drug-likeness (QED) is 0.724. The van der Waals surface area contributed by atoms with Gasteiger partial charge in [-0.05, 0) is 32.9 Å². The molecular weight excluding hydrogens is 280 g/mol. The Morgan fingerprint density at radius 3 is 1.95 bits per heavy atom. The van der Waals surface area contributed by atoms with Crippen molar-refractivity contribution < 1.29 is 13.6 Å². The van der Waals surface area contributed by atoms with Crippen LogP contribution in [0.1, 0.15) is 34.6 Å². The van der Waals surface area contributed by atoms with E-state index in [0.29, 0.717) is 0 Å². The molecule has 0 amide bonds. The molecule has 1 aromatic carbocycles. The Morgan fingerprint density at radius 1 is 1.05 bits per heavy atom. The monoisotopic (exact) mass is 308 g/mol. The lowest BCUT2D eigenvalue weighted by molar-refractivity contribution is -0.0949. The molecule has 1 aliphatic rings. The molecule has 0 aromatic heterocycles. The van der Waals surface area contributed by atoms with Crippen molar-refractivity contribution in [1.82, 2.24) is 0 Å². The van der Waals surface area contributed by atoms with Crippen LogP contribution >= 0.6 is 0 Å². The summed E-state index contributed by atoms with van der Waals surface area (Å²) in [4.78, 5) is 0. The van der Waals surface area contributed by atoms with Gasteiger partial charge in [0.1, 0.15) is 0 Å². The van der Waals surface area contributed by atoms with E-state index < -0.39 is 8.56 Å². The van der Waals surface area contributed by atoms with Gasteiger partial charge in [0.25, 0.3) is 0 Å². The van der Waals surface area contributed by atoms with Crippen LogP contribution in [0.5, 0.6) is 0 Å². The van der Waals surface area contributed by atoms with Crippen LogP contribution in [-0.2, 0) is 13.6 Å². The predicted octanol–water partition coefficient (Wildman–Crippen LogP) is 3.22. The first-order valence-corrected chi connectivity index (χ1v) is 9.86. The van der Waals surface area contributed by atoms with E-state index in [1.807, 2.05) is 6.07 Å². The number of hydrogen-bond donors (Lipinski definition) is 0. The molecule has 2 rings (SSSR count). The van der Waals surface area contributed by atoms with Crippen LogP contribution in [-0.4, -0.2) is 34.0 Å². The van der Waals surface area contributed by atoms with Gasteiger partial charge >= 0.3 is 8.56 Å². The fourth-order valence-corrected chi connectivity index (χ4v) is 7.17. The largest absolute Gasteiger partial charge is 0.388 e. The molecule has 118 valence electrons. The fourth-order valence-electron chi connectivity index (χ4n) is 2.92. The van der Waals surface area contributed by atoms with Crippen LogP contribution in [0.25, 0.3) is 0 Å². The SMILES string of the molecule is CC(C)O[Si](CC1(C)COC1)(OC(C)C)c1ccccc1. The molecule has 0 atom stereocenters. The third-order valence-corrected chi connectivity index (χ3v) is 7.86. The van der Waals surface area contributed by atoms with Crippen molar-refractivity contribution in [2.24, 2.45) is 5.41 Å². The molecule has 0 bridgehead atoms. The molecule has 0 N–H and O–H groups in total. The van der Waals surface area contributed by atoms with Crippen LogP contribution in [0, 0.1) is 5.41 Å². The van der Waals surface area contributed by atoms with Gasteiger partial charge in [-0.25, -0.2) is 0 Å². The molecule has 0 unspecified atom stereocenters. The van der Waals surface area contributed by atoms with Gasteiger partial charge in [-0.15, -0.1) is 0 Å². The molecule has 0 spiro atoms. The summed E-state index contributed by atoms with van der Waals surface area (Å²) in [6.45, 7) is 12.2. The van der Waals surface area contributed by atoms with E-state index >= 15 is 0 Å². The third kappa shape index (κ3) is 4.16. The van der Waals surface area contributed by atoms with E-state index in [2.05, 4.69) is 58.9 Å². The van der Waals surface area contributed by atoms with Gasteiger partial charge in [-0.2, -0.15) is 0 Å². The second-order valence-electron chi connectivity index (χ2n) is 6.93. The Labute approximate surface area is 129 Å². The zero-order chi connectivity index (χ0) is 15.5. The number of benzene rings is 1. The lowest BCUT2D eigenvalue weighted by Gasteiger charge is -2.45. The molecule has 3 nitrogen and oxygen atoms in total. The van der Waals surface area contributed by atoms with Gasteiger partial charge < -0.3 is 13.6 Å². The molecule has 0 radical (unpaired) electrons. The smallest absolute Gasteiger partial charge is 0.373 e. The summed E-state index contributed by atoms with van der Waals surface area (Å²) < 4.78 is 18.4. The van der Waals surface area contributed by atoms with Crippen LogP contribution in [0.15, 0.2) is 30.3 Å². The number of rotatable bonds is 7. The molecule has 0 saturated carbocycles. The maximum atomic E-state index is 6.47. The molecule has 4 heteroatoms. The minimum atomic E-state index is -2.48. The van der Waals surface area contributed by atoms with Gasteiger partial charge in [0.05, 0.1) is 13.2 Å². The highest BCUT2D eigenvalue weighted by Crippen LogP contribution is 2.37. The highest BCUT2D eigenvalue weighted by molar-refractivity contribution is 6.81. The van der Waals surface area contributed by atoms with E-state index in [-0.39, 0.29) is 17.6 Å². The first kappa shape index (κ1) is 16.7. The number of ether oxygens (including phenoxy) is 1. The minimum absolute atomic E-state index is 0.153. The topological polar surface area (TPSA) is 27.7 Å². The summed E-state index contributed by atoms with van der Waals surface area (Å²) in [5.41, 5.74) is 0.172. The van der Waals surface area contributed by atoms with E-state index in [1.165, 1.54) is 5.19 Å². The molecule has 1 aromatic rings. The maximum absolute atomic E-state index is 6.47. The summed E-state index contributed by atoms with van der Waals surface area (Å²) in [7, 11) is -2.48. The molecule has 21 heavy (non-hydrogen) atoms. The lowest BCUT2D eigenvalue weighted by Crippen LogP contribution is -2.61. The second-order valence-corrected chi connectivity index (χ2v) is 9.84. The third-order valence-electron chi connectivity index (χ3n) is 3.63. The Morgan fingerprint density at radius 2 is 1.57 bits per heavy atom. The normalized spacial score (nSPS) is 18.0. The minimum Gasteiger partial charge on any atom is -0.388 e. The Hall–Kier alpha value is -0.683. The zero-order valence-electron chi connectivity index (χ0n) is 13.9. The molecule has 1 heterocycles. The van der Waals surface area contributed by atoms with Crippen LogP contribution < -0.4 is 5.19 Å². The molecule has 1 saturated heterocycles. The van der Waals surface area contributed by atoms with Crippen molar-refractivity contribution >= 4 is 13.7 Å². The summed E-state index contributed by atoms with van der Waals surface area (Å²) in [5.74, 6) is 0. The van der Waals surface area contributed by atoms with Crippen LogP contribution in [0.4, 0.5) is 0 Å². The van der Waals surface area contributed by atoms with Crippen LogP contribution in [0.2, 0.25) is 6.04 Å². The van der Waals surface area contributed by atoms with E-state index in [4.69, 9.17) is 13.6 Å². The van der Waals surface area contributed by atoms with Gasteiger partial charge in [-0.1, -0.05) is 37.3 Å². The Bertz CT molecular complexity index is 431. The fraction of sp³-hybridized carbons (Fsp3) is 0.647. The summed E-state index contributed by atoms with van der Waals surface area (Å²) in [5, 5.41) is 1.22. The second kappa shape index (κ2) is 6.61. The predicted molar refractivity (Wildman–Crippen MR) is 88.0 cm³/mol. The molecule has 1 fully saturated rings. The van der Waals surface area contributed by atoms with Crippen molar-refractivity contribution in [1.29, 1.82) is 0 Å². The van der Waals surface area contributed by atoms with Crippen molar-refractivity contribution in [3.05, 3.63) is 30.3 Å². The van der Waals surface area contributed by atoms with E-state index in [9.17, 15) is 0 Å². The first-order chi connectivity index (χ1) is 9.85. The highest BCUT2D eigenvalue weighted by atomic mass is 28.4. The highest BCUT2D eigenvalue weighted by Gasteiger charge is 2.50. The van der Waals surface area contributed by atoms with Gasteiger partial charge in [0, 0.05) is 23.7 Å². The van der Waals surface area contributed by atoms with Crippen LogP contribution in [0.3, 0.4) is 0 Å². The average Bonchev–Trinajstić information content (AvgIpc) is 2.36. The van der Waals surface area contributed by atoms with Crippen molar-refractivity contribution in [3.63, 3.8) is 0 Å². The van der Waals surface area contributed by atoms with Crippen molar-refractivity contribution in [2.75, 3.05) is 13.2 Å². The maximum Gasteiger partial charge on any atom is 0.373 e. The first-order valence-electron chi connectivity index (χ1n) is 7.84. The summed E-state index contributed by atoms with van der Waals surface area (Å²) >= 11 is 0. The van der Waals surface area contributed by atoms with Gasteiger partial charge in [0.2, 0.25) is 0 Å². The molecule has 0 aliphatic carbocycles. The van der Waals surface area contributed by atoms with E-state index in [0.717, 1.165) is 19.3 Å². The van der Waals surface area contributed by atoms with Crippen molar-refractivity contribution in [3.8, 4) is 0 Å². The Balaban J connectivity index is 2.37. The summed E-state index contributed by atoms with van der Waals surface area (Å²) in [6, 6.07) is 11.4. The lowest BCUT2D eigenvalue weighted by atomic mass is 9.91. The van der Waals surface area contributed by atoms with Crippen molar-refractivity contribution in [2.45, 2.75) is 52.9 Å². The standard InChI is InChI=1S/C17H28O3Si/c1-14(2)19-21(20-15(3)4,13-17(5)11-18-12-17)16-9-7-6-8-10-16/h6-10,14-15H,11-13H2,1-5H3. The number of hydrogen-bond acceptors (Lipinski definition) is 3. The molecular formula is C17H28O3Si. The Kier molecular flexibility index (Phi) is 5.25. The zero-order valence-corrected chi connectivity index (χ0v) is 14.9. The summed E-state index contributed by atoms with van der Waals surface area (Å²) in [6.07, 6.45) is 0.306. The van der Waals surface area contributed by atoms with Gasteiger partial charge in [-0.3, -0.25) is 0 Å². The van der Waals surface area contributed by atoms with E-state index in [1.54, 1.807) is 0 Å². The molecule has 1 aliphatic heterocycles. The average molecular weight is 308 g/mol.